The van der Waals surface area contributed by atoms with Crippen LogP contribution in [0.4, 0.5) is 11.6 Å². The van der Waals surface area contributed by atoms with Crippen molar-refractivity contribution in [3.05, 3.63) is 11.9 Å². The van der Waals surface area contributed by atoms with E-state index in [2.05, 4.69) is 47.9 Å². The lowest BCUT2D eigenvalue weighted by molar-refractivity contribution is 0.687. The van der Waals surface area contributed by atoms with Crippen LogP contribution in [0.3, 0.4) is 0 Å². The first-order chi connectivity index (χ1) is 10.2. The molecule has 0 aromatic carbocycles. The molecule has 0 bridgehead atoms. The van der Waals surface area contributed by atoms with Gasteiger partial charge < -0.3 is 10.2 Å². The second-order valence-electron chi connectivity index (χ2n) is 6.43. The Bertz CT molecular complexity index is 440. The Kier molecular flexibility index (Phi) is 5.83. The van der Waals surface area contributed by atoms with Gasteiger partial charge >= 0.3 is 0 Å². The highest BCUT2D eigenvalue weighted by molar-refractivity contribution is 5.60. The van der Waals surface area contributed by atoms with Crippen LogP contribution in [-0.2, 0) is 0 Å². The SMILES string of the molecule is CCCNc1ncnc(N(CCC)CC2CC2)c1C(C)C. The second kappa shape index (κ2) is 7.62. The van der Waals surface area contributed by atoms with E-state index in [0.29, 0.717) is 5.92 Å². The second-order valence-corrected chi connectivity index (χ2v) is 6.43. The van der Waals surface area contributed by atoms with Gasteiger partial charge in [0.1, 0.15) is 18.0 Å². The zero-order valence-electron chi connectivity index (χ0n) is 14.0. The molecule has 1 aliphatic rings. The van der Waals surface area contributed by atoms with Crippen molar-refractivity contribution in [1.29, 1.82) is 0 Å². The molecule has 118 valence electrons. The van der Waals surface area contributed by atoms with Crippen molar-refractivity contribution in [3.63, 3.8) is 0 Å². The topological polar surface area (TPSA) is 41.1 Å². The van der Waals surface area contributed by atoms with Gasteiger partial charge in [0.2, 0.25) is 0 Å². The number of nitrogens with one attached hydrogen (secondary N) is 1. The molecule has 0 saturated heterocycles. The molecule has 1 heterocycles. The molecule has 0 aliphatic heterocycles. The first-order valence-electron chi connectivity index (χ1n) is 8.51. The van der Waals surface area contributed by atoms with Gasteiger partial charge in [0.15, 0.2) is 0 Å². The fraction of sp³-hybridized carbons (Fsp3) is 0.765. The molecule has 2 rings (SSSR count). The van der Waals surface area contributed by atoms with E-state index in [0.717, 1.165) is 50.0 Å². The first kappa shape index (κ1) is 16.1. The molecular formula is C17H30N4. The van der Waals surface area contributed by atoms with Crippen LogP contribution in [0.2, 0.25) is 0 Å². The van der Waals surface area contributed by atoms with Crippen molar-refractivity contribution in [3.8, 4) is 0 Å². The van der Waals surface area contributed by atoms with Gasteiger partial charge in [-0.2, -0.15) is 0 Å². The molecule has 4 nitrogen and oxygen atoms in total. The van der Waals surface area contributed by atoms with Gasteiger partial charge in [-0.05, 0) is 37.5 Å². The van der Waals surface area contributed by atoms with Gasteiger partial charge in [-0.15, -0.1) is 0 Å². The summed E-state index contributed by atoms with van der Waals surface area (Å²) >= 11 is 0. The molecular weight excluding hydrogens is 260 g/mol. The Morgan fingerprint density at radius 3 is 2.57 bits per heavy atom. The lowest BCUT2D eigenvalue weighted by Crippen LogP contribution is -2.29. The highest BCUT2D eigenvalue weighted by atomic mass is 15.2. The average Bonchev–Trinajstić information content (AvgIpc) is 3.28. The number of hydrogen-bond donors (Lipinski definition) is 1. The van der Waals surface area contributed by atoms with Crippen LogP contribution in [0, 0.1) is 5.92 Å². The molecule has 1 aliphatic carbocycles. The first-order valence-corrected chi connectivity index (χ1v) is 8.51. The molecule has 1 saturated carbocycles. The maximum atomic E-state index is 4.64. The minimum atomic E-state index is 0.430. The summed E-state index contributed by atoms with van der Waals surface area (Å²) < 4.78 is 0. The van der Waals surface area contributed by atoms with Gasteiger partial charge in [0.25, 0.3) is 0 Å². The third-order valence-corrected chi connectivity index (χ3v) is 3.95. The molecule has 0 radical (unpaired) electrons. The van der Waals surface area contributed by atoms with Crippen LogP contribution < -0.4 is 10.2 Å². The monoisotopic (exact) mass is 290 g/mol. The molecule has 21 heavy (non-hydrogen) atoms. The fourth-order valence-electron chi connectivity index (χ4n) is 2.72. The molecule has 0 amide bonds. The van der Waals surface area contributed by atoms with Gasteiger partial charge in [-0.1, -0.05) is 27.7 Å². The van der Waals surface area contributed by atoms with E-state index in [1.165, 1.54) is 18.4 Å². The summed E-state index contributed by atoms with van der Waals surface area (Å²) in [6.07, 6.45) is 6.74. The number of aromatic nitrogens is 2. The third-order valence-electron chi connectivity index (χ3n) is 3.95. The third kappa shape index (κ3) is 4.32. The van der Waals surface area contributed by atoms with Crippen molar-refractivity contribution in [2.24, 2.45) is 5.92 Å². The highest BCUT2D eigenvalue weighted by Gasteiger charge is 2.27. The minimum absolute atomic E-state index is 0.430. The summed E-state index contributed by atoms with van der Waals surface area (Å²) in [5.41, 5.74) is 1.28. The lowest BCUT2D eigenvalue weighted by atomic mass is 10.0. The van der Waals surface area contributed by atoms with Gasteiger partial charge in [-0.3, -0.25) is 0 Å². The molecule has 0 unspecified atom stereocenters. The normalized spacial score (nSPS) is 14.5. The molecule has 1 fully saturated rings. The van der Waals surface area contributed by atoms with E-state index in [1.807, 2.05) is 0 Å². The minimum Gasteiger partial charge on any atom is -0.370 e. The van der Waals surface area contributed by atoms with Crippen LogP contribution in [0.25, 0.3) is 0 Å². The van der Waals surface area contributed by atoms with Gasteiger partial charge in [-0.25, -0.2) is 9.97 Å². The van der Waals surface area contributed by atoms with Crippen molar-refractivity contribution < 1.29 is 0 Å². The maximum absolute atomic E-state index is 4.64. The number of hydrogen-bond acceptors (Lipinski definition) is 4. The predicted molar refractivity (Wildman–Crippen MR) is 90.1 cm³/mol. The largest absolute Gasteiger partial charge is 0.370 e. The van der Waals surface area contributed by atoms with E-state index < -0.39 is 0 Å². The van der Waals surface area contributed by atoms with E-state index in [4.69, 9.17) is 0 Å². The smallest absolute Gasteiger partial charge is 0.137 e. The summed E-state index contributed by atoms with van der Waals surface area (Å²) in [6, 6.07) is 0. The molecule has 4 heteroatoms. The van der Waals surface area contributed by atoms with Crippen molar-refractivity contribution >= 4 is 11.6 Å². The van der Waals surface area contributed by atoms with Crippen LogP contribution in [0.5, 0.6) is 0 Å². The Labute approximate surface area is 129 Å². The fourth-order valence-corrected chi connectivity index (χ4v) is 2.72. The molecule has 0 spiro atoms. The number of nitrogens with zero attached hydrogens (tertiary/aromatic N) is 3. The number of rotatable bonds is 9. The predicted octanol–water partition coefficient (Wildman–Crippen LogP) is 4.05. The van der Waals surface area contributed by atoms with E-state index in [9.17, 15) is 0 Å². The van der Waals surface area contributed by atoms with Gasteiger partial charge in [0, 0.05) is 25.2 Å². The Morgan fingerprint density at radius 1 is 1.24 bits per heavy atom. The summed E-state index contributed by atoms with van der Waals surface area (Å²) in [4.78, 5) is 11.6. The summed E-state index contributed by atoms with van der Waals surface area (Å²) in [7, 11) is 0. The standard InChI is InChI=1S/C17H30N4/c1-5-9-18-16-15(13(3)4)17(20-12-19-16)21(10-6-2)11-14-7-8-14/h12-14H,5-11H2,1-4H3,(H,18,19,20). The molecule has 1 N–H and O–H groups in total. The molecule has 1 aromatic rings. The van der Waals surface area contributed by atoms with E-state index in [-0.39, 0.29) is 0 Å². The summed E-state index contributed by atoms with van der Waals surface area (Å²) in [6.45, 7) is 12.1. The van der Waals surface area contributed by atoms with Crippen molar-refractivity contribution in [2.75, 3.05) is 29.9 Å². The summed E-state index contributed by atoms with van der Waals surface area (Å²) in [5.74, 6) is 3.47. The molecule has 1 aromatic heterocycles. The zero-order chi connectivity index (χ0) is 15.2. The van der Waals surface area contributed by atoms with Crippen LogP contribution in [0.1, 0.15) is 64.9 Å². The average molecular weight is 290 g/mol. The quantitative estimate of drug-likeness (QED) is 0.745. The van der Waals surface area contributed by atoms with Gasteiger partial charge in [0.05, 0.1) is 0 Å². The Hall–Kier alpha value is -1.32. The highest BCUT2D eigenvalue weighted by Crippen LogP contribution is 2.35. The Balaban J connectivity index is 2.29. The summed E-state index contributed by atoms with van der Waals surface area (Å²) in [5, 5.41) is 3.47. The molecule has 0 atom stereocenters. The van der Waals surface area contributed by atoms with E-state index >= 15 is 0 Å². The lowest BCUT2D eigenvalue weighted by Gasteiger charge is -2.27. The maximum Gasteiger partial charge on any atom is 0.137 e. The van der Waals surface area contributed by atoms with E-state index in [1.54, 1.807) is 6.33 Å². The Morgan fingerprint density at radius 2 is 2.00 bits per heavy atom. The van der Waals surface area contributed by atoms with Crippen LogP contribution in [-0.4, -0.2) is 29.6 Å². The zero-order valence-corrected chi connectivity index (χ0v) is 14.0. The van der Waals surface area contributed by atoms with Crippen molar-refractivity contribution in [2.45, 2.75) is 59.3 Å². The van der Waals surface area contributed by atoms with Crippen LogP contribution >= 0.6 is 0 Å². The number of anilines is 2. The van der Waals surface area contributed by atoms with Crippen LogP contribution in [0.15, 0.2) is 6.33 Å². The van der Waals surface area contributed by atoms with Crippen molar-refractivity contribution in [1.82, 2.24) is 9.97 Å².